The molecule has 26 heavy (non-hydrogen) atoms. The van der Waals surface area contributed by atoms with Gasteiger partial charge in [0.1, 0.15) is 0 Å². The van der Waals surface area contributed by atoms with Crippen LogP contribution in [0.3, 0.4) is 0 Å². The van der Waals surface area contributed by atoms with Crippen LogP contribution >= 0.6 is 0 Å². The minimum Gasteiger partial charge on any atom is -0.375 e. The smallest absolute Gasteiger partial charge is 0.224 e. The number of hydrogen-bond donors (Lipinski definition) is 1. The molecule has 1 amide bonds. The summed E-state index contributed by atoms with van der Waals surface area (Å²) in [5.74, 6) is 0.622. The van der Waals surface area contributed by atoms with E-state index in [4.69, 9.17) is 4.74 Å². The molecule has 1 N–H and O–H groups in total. The standard InChI is InChI=1S/C18H27N5O3/c1-11-16(12(2)24)7-19-18(20-11)21-13-5-14-10-26-15(9-23(14)8-13)6-17(25)22(3)4/h7,13-15H,5-6,8-10H2,1-4H3,(H,19,20,21)/t13-,14-,15-/m0/s1. The van der Waals surface area contributed by atoms with E-state index in [2.05, 4.69) is 20.2 Å². The van der Waals surface area contributed by atoms with Crippen molar-refractivity contribution < 1.29 is 14.3 Å². The fourth-order valence-electron chi connectivity index (χ4n) is 3.61. The van der Waals surface area contributed by atoms with Crippen LogP contribution in [0.15, 0.2) is 6.20 Å². The van der Waals surface area contributed by atoms with Crippen molar-refractivity contribution in [1.29, 1.82) is 0 Å². The summed E-state index contributed by atoms with van der Waals surface area (Å²) in [6.45, 7) is 5.63. The van der Waals surface area contributed by atoms with Gasteiger partial charge >= 0.3 is 0 Å². The van der Waals surface area contributed by atoms with Gasteiger partial charge in [0.05, 0.1) is 30.4 Å². The van der Waals surface area contributed by atoms with Crippen molar-refractivity contribution in [2.24, 2.45) is 0 Å². The minimum atomic E-state index is -0.0479. The van der Waals surface area contributed by atoms with E-state index >= 15 is 0 Å². The summed E-state index contributed by atoms with van der Waals surface area (Å²) in [7, 11) is 3.53. The van der Waals surface area contributed by atoms with Gasteiger partial charge in [0.15, 0.2) is 5.78 Å². The Morgan fingerprint density at radius 1 is 1.38 bits per heavy atom. The van der Waals surface area contributed by atoms with Crippen LogP contribution in [0, 0.1) is 6.92 Å². The van der Waals surface area contributed by atoms with Crippen molar-refractivity contribution >= 4 is 17.6 Å². The van der Waals surface area contributed by atoms with Gasteiger partial charge in [-0.3, -0.25) is 14.5 Å². The van der Waals surface area contributed by atoms with Crippen LogP contribution in [-0.2, 0) is 9.53 Å². The molecule has 0 saturated carbocycles. The molecule has 0 bridgehead atoms. The number of carbonyl (C=O) groups is 2. The van der Waals surface area contributed by atoms with Crippen LogP contribution in [-0.4, -0.2) is 83.4 Å². The lowest BCUT2D eigenvalue weighted by Crippen LogP contribution is -2.47. The monoisotopic (exact) mass is 361 g/mol. The molecule has 2 aliphatic rings. The van der Waals surface area contributed by atoms with Crippen molar-refractivity contribution in [3.63, 3.8) is 0 Å². The Bertz CT molecular complexity index is 693. The zero-order valence-electron chi connectivity index (χ0n) is 15.9. The quantitative estimate of drug-likeness (QED) is 0.773. The fourth-order valence-corrected chi connectivity index (χ4v) is 3.61. The van der Waals surface area contributed by atoms with Crippen molar-refractivity contribution in [2.75, 3.05) is 39.1 Å². The highest BCUT2D eigenvalue weighted by molar-refractivity contribution is 5.94. The highest BCUT2D eigenvalue weighted by atomic mass is 16.5. The Morgan fingerprint density at radius 2 is 2.15 bits per heavy atom. The van der Waals surface area contributed by atoms with Gasteiger partial charge in [-0.05, 0) is 20.3 Å². The molecule has 0 radical (unpaired) electrons. The summed E-state index contributed by atoms with van der Waals surface area (Å²) in [5.41, 5.74) is 1.25. The Balaban J connectivity index is 1.56. The molecule has 2 aliphatic heterocycles. The summed E-state index contributed by atoms with van der Waals surface area (Å²) in [5, 5.41) is 3.37. The first kappa shape index (κ1) is 18.7. The van der Waals surface area contributed by atoms with Gasteiger partial charge in [0.2, 0.25) is 11.9 Å². The number of nitrogens with zero attached hydrogens (tertiary/aromatic N) is 4. The number of ketones is 1. The Morgan fingerprint density at radius 3 is 2.81 bits per heavy atom. The summed E-state index contributed by atoms with van der Waals surface area (Å²) in [4.78, 5) is 36.0. The van der Waals surface area contributed by atoms with Crippen molar-refractivity contribution in [2.45, 2.75) is 44.9 Å². The number of morpholine rings is 1. The largest absolute Gasteiger partial charge is 0.375 e. The summed E-state index contributed by atoms with van der Waals surface area (Å²) < 4.78 is 5.89. The fraction of sp³-hybridized carbons (Fsp3) is 0.667. The van der Waals surface area contributed by atoms with Gasteiger partial charge in [0.25, 0.3) is 0 Å². The SMILES string of the molecule is CC(=O)c1cnc(N[C@H]2C[C@H]3CO[C@@H](CC(=O)N(C)C)CN3C2)nc1C. The number of anilines is 1. The van der Waals surface area contributed by atoms with E-state index < -0.39 is 0 Å². The van der Waals surface area contributed by atoms with E-state index in [0.717, 1.165) is 19.5 Å². The molecule has 1 aromatic rings. The third kappa shape index (κ3) is 4.19. The Hall–Kier alpha value is -2.06. The van der Waals surface area contributed by atoms with Gasteiger partial charge in [-0.2, -0.15) is 0 Å². The molecule has 8 heteroatoms. The van der Waals surface area contributed by atoms with E-state index in [1.165, 1.54) is 6.92 Å². The summed E-state index contributed by atoms with van der Waals surface area (Å²) >= 11 is 0. The van der Waals surface area contributed by atoms with Gasteiger partial charge in [-0.25, -0.2) is 9.97 Å². The number of amides is 1. The molecular weight excluding hydrogens is 334 g/mol. The molecule has 3 atom stereocenters. The predicted octanol–water partition coefficient (Wildman–Crippen LogP) is 0.720. The van der Waals surface area contributed by atoms with E-state index in [1.54, 1.807) is 25.2 Å². The molecule has 0 aromatic carbocycles. The van der Waals surface area contributed by atoms with Crippen molar-refractivity contribution in [1.82, 2.24) is 19.8 Å². The first-order valence-electron chi connectivity index (χ1n) is 9.00. The predicted molar refractivity (Wildman–Crippen MR) is 97.2 cm³/mol. The zero-order chi connectivity index (χ0) is 18.8. The van der Waals surface area contributed by atoms with Gasteiger partial charge in [-0.1, -0.05) is 0 Å². The van der Waals surface area contributed by atoms with E-state index in [9.17, 15) is 9.59 Å². The van der Waals surface area contributed by atoms with Crippen LogP contribution in [0.25, 0.3) is 0 Å². The highest BCUT2D eigenvalue weighted by Gasteiger charge is 2.38. The molecule has 0 spiro atoms. The molecule has 8 nitrogen and oxygen atoms in total. The number of fused-ring (bicyclic) bond motifs is 1. The molecule has 1 aromatic heterocycles. The third-order valence-electron chi connectivity index (χ3n) is 5.08. The topological polar surface area (TPSA) is 87.7 Å². The van der Waals surface area contributed by atoms with Crippen LogP contribution in [0.5, 0.6) is 0 Å². The van der Waals surface area contributed by atoms with Crippen molar-refractivity contribution in [3.8, 4) is 0 Å². The first-order chi connectivity index (χ1) is 12.3. The maximum absolute atomic E-state index is 11.9. The van der Waals surface area contributed by atoms with Crippen LogP contribution in [0.4, 0.5) is 5.95 Å². The number of nitrogens with one attached hydrogen (secondary N) is 1. The lowest BCUT2D eigenvalue weighted by molar-refractivity contribution is -0.134. The number of rotatable bonds is 5. The van der Waals surface area contributed by atoms with Gasteiger partial charge in [0, 0.05) is 45.5 Å². The van der Waals surface area contributed by atoms with Crippen LogP contribution in [0.2, 0.25) is 0 Å². The first-order valence-corrected chi connectivity index (χ1v) is 9.00. The number of aromatic nitrogens is 2. The van der Waals surface area contributed by atoms with E-state index in [0.29, 0.717) is 36.3 Å². The minimum absolute atomic E-state index is 0.0255. The number of hydrogen-bond acceptors (Lipinski definition) is 7. The van der Waals surface area contributed by atoms with Gasteiger partial charge in [-0.15, -0.1) is 0 Å². The third-order valence-corrected chi connectivity index (χ3v) is 5.08. The molecule has 2 fully saturated rings. The molecular formula is C18H27N5O3. The highest BCUT2D eigenvalue weighted by Crippen LogP contribution is 2.26. The van der Waals surface area contributed by atoms with Gasteiger partial charge < -0.3 is 15.0 Å². The van der Waals surface area contributed by atoms with Crippen LogP contribution < -0.4 is 5.32 Å². The Kier molecular flexibility index (Phi) is 5.52. The van der Waals surface area contributed by atoms with E-state index in [-0.39, 0.29) is 23.8 Å². The van der Waals surface area contributed by atoms with Crippen molar-refractivity contribution in [3.05, 3.63) is 17.5 Å². The molecule has 2 saturated heterocycles. The molecule has 3 heterocycles. The molecule has 0 unspecified atom stereocenters. The molecule has 0 aliphatic carbocycles. The lowest BCUT2D eigenvalue weighted by Gasteiger charge is -2.35. The Labute approximate surface area is 153 Å². The maximum atomic E-state index is 11.9. The normalized spacial score (nSPS) is 25.6. The summed E-state index contributed by atoms with van der Waals surface area (Å²) in [6.07, 6.45) is 2.91. The maximum Gasteiger partial charge on any atom is 0.224 e. The summed E-state index contributed by atoms with van der Waals surface area (Å²) in [6, 6.07) is 0.588. The number of aryl methyl sites for hydroxylation is 1. The number of Topliss-reactive ketones (excluding diaryl/α,β-unsaturated/α-hetero) is 1. The number of carbonyl (C=O) groups excluding carboxylic acids is 2. The molecule has 142 valence electrons. The lowest BCUT2D eigenvalue weighted by atomic mass is 10.1. The average Bonchev–Trinajstić information content (AvgIpc) is 2.95. The van der Waals surface area contributed by atoms with E-state index in [1.807, 2.05) is 6.92 Å². The average molecular weight is 361 g/mol. The second-order valence-electron chi connectivity index (χ2n) is 7.38. The number of ether oxygens (including phenoxy) is 1. The molecule has 3 rings (SSSR count). The van der Waals surface area contributed by atoms with Crippen LogP contribution in [0.1, 0.15) is 35.8 Å². The second kappa shape index (κ2) is 7.67. The zero-order valence-corrected chi connectivity index (χ0v) is 15.9. The second-order valence-corrected chi connectivity index (χ2v) is 7.38.